The second-order valence-corrected chi connectivity index (χ2v) is 9.95. The third-order valence-electron chi connectivity index (χ3n) is 7.26. The van der Waals surface area contributed by atoms with E-state index in [9.17, 15) is 18.8 Å². The molecular formula is C31H32FN5O3. The number of hydrazine groups is 1. The number of benzene rings is 3. The Hall–Kier alpha value is -4.50. The van der Waals surface area contributed by atoms with Crippen molar-refractivity contribution in [1.29, 1.82) is 0 Å². The van der Waals surface area contributed by atoms with Crippen LogP contribution in [0.25, 0.3) is 0 Å². The number of fused-ring (bicyclic) bond motifs is 1. The maximum Gasteiger partial charge on any atom is 0.332 e. The standard InChI is InChI=1S/C31H32FN5O3/c1-2-17-35(31(40)33-19-24-11-7-4-8-12-24)36-22-29(38)37-27(18-23-9-5-3-6-10-23)30(39)34(21-28(36)37)20-25-13-15-26(32)16-14-25/h2-16,27-28H,1,17-22H2,(H,33,40)/t27-,28+/m0/s1. The monoisotopic (exact) mass is 541 g/mol. The Bertz CT molecular complexity index is 1350. The molecule has 2 saturated heterocycles. The second kappa shape index (κ2) is 12.1. The van der Waals surface area contributed by atoms with Crippen LogP contribution in [0, 0.1) is 5.82 Å². The number of piperazine rings is 1. The summed E-state index contributed by atoms with van der Waals surface area (Å²) in [6.07, 6.45) is 1.40. The molecule has 2 fully saturated rings. The molecule has 8 nitrogen and oxygen atoms in total. The Kier molecular flexibility index (Phi) is 8.21. The van der Waals surface area contributed by atoms with Crippen LogP contribution in [-0.2, 0) is 29.1 Å². The van der Waals surface area contributed by atoms with E-state index in [1.165, 1.54) is 17.1 Å². The Balaban J connectivity index is 1.42. The highest BCUT2D eigenvalue weighted by molar-refractivity contribution is 5.91. The first-order valence-electron chi connectivity index (χ1n) is 13.3. The van der Waals surface area contributed by atoms with E-state index in [1.807, 2.05) is 60.7 Å². The Labute approximate surface area is 233 Å². The lowest BCUT2D eigenvalue weighted by molar-refractivity contribution is -0.157. The highest BCUT2D eigenvalue weighted by Gasteiger charge is 2.52. The summed E-state index contributed by atoms with van der Waals surface area (Å²) in [5.41, 5.74) is 2.66. The van der Waals surface area contributed by atoms with Gasteiger partial charge in [0.25, 0.3) is 0 Å². The zero-order valence-corrected chi connectivity index (χ0v) is 22.2. The number of nitrogens with one attached hydrogen (secondary N) is 1. The fraction of sp³-hybridized carbons (Fsp3) is 0.258. The zero-order chi connectivity index (χ0) is 28.1. The van der Waals surface area contributed by atoms with Gasteiger partial charge in [0.05, 0.1) is 19.6 Å². The van der Waals surface area contributed by atoms with Gasteiger partial charge >= 0.3 is 6.03 Å². The first-order chi connectivity index (χ1) is 19.4. The van der Waals surface area contributed by atoms with E-state index in [1.54, 1.807) is 33.0 Å². The van der Waals surface area contributed by atoms with Crippen LogP contribution < -0.4 is 5.32 Å². The smallest absolute Gasteiger partial charge is 0.332 e. The average molecular weight is 542 g/mol. The number of hydrogen-bond donors (Lipinski definition) is 1. The molecule has 2 atom stereocenters. The lowest BCUT2D eigenvalue weighted by atomic mass is 10.00. The Morgan fingerprint density at radius 1 is 0.950 bits per heavy atom. The third-order valence-corrected chi connectivity index (χ3v) is 7.26. The molecule has 2 aliphatic heterocycles. The maximum absolute atomic E-state index is 13.8. The highest BCUT2D eigenvalue weighted by Crippen LogP contribution is 2.30. The number of amides is 4. The van der Waals surface area contributed by atoms with Gasteiger partial charge in [-0.3, -0.25) is 14.6 Å². The molecule has 4 amide bonds. The molecule has 206 valence electrons. The van der Waals surface area contributed by atoms with E-state index < -0.39 is 12.2 Å². The van der Waals surface area contributed by atoms with Crippen LogP contribution in [0.2, 0.25) is 0 Å². The number of hydrogen-bond acceptors (Lipinski definition) is 4. The number of carbonyl (C=O) groups is 3. The van der Waals surface area contributed by atoms with Crippen LogP contribution in [0.4, 0.5) is 9.18 Å². The number of nitrogens with zero attached hydrogens (tertiary/aromatic N) is 4. The van der Waals surface area contributed by atoms with E-state index in [4.69, 9.17) is 0 Å². The molecule has 0 aromatic heterocycles. The number of halogens is 1. The van der Waals surface area contributed by atoms with Crippen molar-refractivity contribution in [3.63, 3.8) is 0 Å². The molecule has 0 aliphatic carbocycles. The van der Waals surface area contributed by atoms with E-state index in [0.717, 1.165) is 16.7 Å². The van der Waals surface area contributed by atoms with Crippen molar-refractivity contribution < 1.29 is 18.8 Å². The van der Waals surface area contributed by atoms with E-state index >= 15 is 0 Å². The predicted octanol–water partition coefficient (Wildman–Crippen LogP) is 3.56. The SMILES string of the molecule is C=CCN(C(=O)NCc1ccccc1)N1CC(=O)N2[C@@H](Cc3ccccc3)C(=O)N(Cc3ccc(F)cc3)C[C@@H]21. The summed E-state index contributed by atoms with van der Waals surface area (Å²) in [5, 5.41) is 6.16. The van der Waals surface area contributed by atoms with E-state index in [0.29, 0.717) is 13.0 Å². The average Bonchev–Trinajstić information content (AvgIpc) is 3.30. The first-order valence-corrected chi connectivity index (χ1v) is 13.3. The molecule has 9 heteroatoms. The van der Waals surface area contributed by atoms with Gasteiger partial charge in [0.2, 0.25) is 11.8 Å². The van der Waals surface area contributed by atoms with Gasteiger partial charge in [0.1, 0.15) is 18.0 Å². The van der Waals surface area contributed by atoms with Gasteiger partial charge in [0, 0.05) is 19.5 Å². The fourth-order valence-electron chi connectivity index (χ4n) is 5.33. The van der Waals surface area contributed by atoms with Crippen LogP contribution in [0.15, 0.2) is 97.6 Å². The minimum Gasteiger partial charge on any atom is -0.333 e. The van der Waals surface area contributed by atoms with Crippen LogP contribution in [-0.4, -0.2) is 69.5 Å². The summed E-state index contributed by atoms with van der Waals surface area (Å²) >= 11 is 0. The summed E-state index contributed by atoms with van der Waals surface area (Å²) < 4.78 is 13.5. The number of urea groups is 1. The number of carbonyl (C=O) groups excluding carboxylic acids is 3. The van der Waals surface area contributed by atoms with Crippen molar-refractivity contribution in [3.8, 4) is 0 Å². The summed E-state index contributed by atoms with van der Waals surface area (Å²) in [7, 11) is 0. The molecule has 1 N–H and O–H groups in total. The normalized spacial score (nSPS) is 18.9. The van der Waals surface area contributed by atoms with Crippen LogP contribution in [0.1, 0.15) is 16.7 Å². The molecule has 2 heterocycles. The van der Waals surface area contributed by atoms with E-state index in [2.05, 4.69) is 11.9 Å². The lowest BCUT2D eigenvalue weighted by Gasteiger charge is -2.46. The third kappa shape index (κ3) is 5.89. The van der Waals surface area contributed by atoms with Crippen molar-refractivity contribution in [2.75, 3.05) is 19.6 Å². The maximum atomic E-state index is 13.8. The number of rotatable bonds is 9. The van der Waals surface area contributed by atoms with Crippen LogP contribution in [0.5, 0.6) is 0 Å². The van der Waals surface area contributed by atoms with Gasteiger partial charge < -0.3 is 15.1 Å². The molecule has 0 unspecified atom stereocenters. The van der Waals surface area contributed by atoms with Gasteiger partial charge in [-0.2, -0.15) is 5.01 Å². The van der Waals surface area contributed by atoms with Crippen molar-refractivity contribution in [1.82, 2.24) is 25.1 Å². The molecule has 5 rings (SSSR count). The Morgan fingerprint density at radius 3 is 2.25 bits per heavy atom. The molecule has 0 radical (unpaired) electrons. The van der Waals surface area contributed by atoms with Gasteiger partial charge in [-0.25, -0.2) is 9.18 Å². The summed E-state index contributed by atoms with van der Waals surface area (Å²) in [5.74, 6) is -0.745. The van der Waals surface area contributed by atoms with Crippen molar-refractivity contribution >= 4 is 17.8 Å². The topological polar surface area (TPSA) is 76.2 Å². The molecule has 0 saturated carbocycles. The van der Waals surface area contributed by atoms with Crippen molar-refractivity contribution in [2.45, 2.75) is 31.7 Å². The van der Waals surface area contributed by atoms with Crippen LogP contribution in [0.3, 0.4) is 0 Å². The summed E-state index contributed by atoms with van der Waals surface area (Å²) in [6, 6.07) is 24.1. The molecular weight excluding hydrogens is 509 g/mol. The second-order valence-electron chi connectivity index (χ2n) is 9.95. The Morgan fingerprint density at radius 2 is 1.60 bits per heavy atom. The predicted molar refractivity (Wildman–Crippen MR) is 149 cm³/mol. The van der Waals surface area contributed by atoms with Gasteiger partial charge in [-0.1, -0.05) is 78.9 Å². The quantitative estimate of drug-likeness (QED) is 0.421. The van der Waals surface area contributed by atoms with Gasteiger partial charge in [0.15, 0.2) is 0 Å². The fourth-order valence-corrected chi connectivity index (χ4v) is 5.33. The van der Waals surface area contributed by atoms with Crippen LogP contribution >= 0.6 is 0 Å². The molecule has 3 aromatic rings. The summed E-state index contributed by atoms with van der Waals surface area (Å²) in [6.45, 7) is 4.75. The van der Waals surface area contributed by atoms with E-state index in [-0.39, 0.29) is 49.8 Å². The lowest BCUT2D eigenvalue weighted by Crippen LogP contribution is -2.66. The molecule has 40 heavy (non-hydrogen) atoms. The zero-order valence-electron chi connectivity index (χ0n) is 22.2. The van der Waals surface area contributed by atoms with Crippen molar-refractivity contribution in [3.05, 3.63) is 120 Å². The summed E-state index contributed by atoms with van der Waals surface area (Å²) in [4.78, 5) is 44.0. The molecule has 0 spiro atoms. The minimum atomic E-state index is -0.739. The molecule has 3 aromatic carbocycles. The largest absolute Gasteiger partial charge is 0.333 e. The molecule has 0 bridgehead atoms. The molecule has 2 aliphatic rings. The van der Waals surface area contributed by atoms with Gasteiger partial charge in [-0.15, -0.1) is 6.58 Å². The van der Waals surface area contributed by atoms with Crippen molar-refractivity contribution in [2.24, 2.45) is 0 Å². The van der Waals surface area contributed by atoms with Gasteiger partial charge in [-0.05, 0) is 28.8 Å². The highest BCUT2D eigenvalue weighted by atomic mass is 19.1. The minimum absolute atomic E-state index is 0.0414. The first kappa shape index (κ1) is 27.1.